The third-order valence-electron chi connectivity index (χ3n) is 8.70. The van der Waals surface area contributed by atoms with Crippen LogP contribution in [-0.4, -0.2) is 56.9 Å². The monoisotopic (exact) mass is 647 g/mol. The molecule has 3 aromatic rings. The Morgan fingerprint density at radius 1 is 0.913 bits per heavy atom. The number of carbonyl (C=O) groups is 2. The van der Waals surface area contributed by atoms with Crippen molar-refractivity contribution in [1.82, 2.24) is 5.32 Å². The van der Waals surface area contributed by atoms with Crippen molar-refractivity contribution in [3.05, 3.63) is 89.0 Å². The van der Waals surface area contributed by atoms with Gasteiger partial charge in [0.05, 0.1) is 40.1 Å². The smallest absolute Gasteiger partial charge is 0.328 e. The van der Waals surface area contributed by atoms with Gasteiger partial charge in [-0.05, 0) is 89.8 Å². The molecule has 46 heavy (non-hydrogen) atoms. The van der Waals surface area contributed by atoms with Crippen LogP contribution in [0.5, 0.6) is 5.75 Å². The molecule has 0 heterocycles. The molecule has 1 N–H and O–H groups in total. The number of aryl methyl sites for hydroxylation is 1. The van der Waals surface area contributed by atoms with E-state index in [0.29, 0.717) is 37.7 Å². The summed E-state index contributed by atoms with van der Waals surface area (Å²) in [5, 5.41) is 2.93. The topological polar surface area (TPSA) is 83.1 Å². The fourth-order valence-corrected chi connectivity index (χ4v) is 6.53. The van der Waals surface area contributed by atoms with Crippen molar-refractivity contribution in [3.8, 4) is 16.9 Å². The summed E-state index contributed by atoms with van der Waals surface area (Å²) < 4.78 is 23.0. The zero-order valence-electron chi connectivity index (χ0n) is 27.7. The van der Waals surface area contributed by atoms with Crippen molar-refractivity contribution in [3.63, 3.8) is 0 Å². The average molecular weight is 648 g/mol. The van der Waals surface area contributed by atoms with Crippen molar-refractivity contribution in [2.45, 2.75) is 77.2 Å². The van der Waals surface area contributed by atoms with E-state index in [1.807, 2.05) is 79.9 Å². The van der Waals surface area contributed by atoms with Gasteiger partial charge in [-0.1, -0.05) is 74.6 Å². The van der Waals surface area contributed by atoms with E-state index >= 15 is 0 Å². The highest BCUT2D eigenvalue weighted by atomic mass is 32.2. The Bertz CT molecular complexity index is 1390. The molecule has 8 heteroatoms. The predicted octanol–water partition coefficient (Wildman–Crippen LogP) is 7.77. The summed E-state index contributed by atoms with van der Waals surface area (Å²) in [5.74, 6) is 1.46. The van der Waals surface area contributed by atoms with Crippen LogP contribution in [0.3, 0.4) is 0 Å². The normalized spacial score (nSPS) is 14.8. The molecule has 248 valence electrons. The van der Waals surface area contributed by atoms with Gasteiger partial charge < -0.3 is 24.3 Å². The summed E-state index contributed by atoms with van der Waals surface area (Å²) in [5.41, 5.74) is 5.42. The first kappa shape index (κ1) is 35.5. The maximum Gasteiger partial charge on any atom is 0.328 e. The number of hydrogen-bond donors (Lipinski definition) is 1. The highest BCUT2D eigenvalue weighted by molar-refractivity contribution is 7.98. The van der Waals surface area contributed by atoms with Gasteiger partial charge in [-0.25, -0.2) is 4.79 Å². The minimum atomic E-state index is -0.712. The largest absolute Gasteiger partial charge is 0.497 e. The van der Waals surface area contributed by atoms with Crippen LogP contribution < -0.4 is 10.1 Å². The van der Waals surface area contributed by atoms with Crippen molar-refractivity contribution < 1.29 is 28.5 Å². The number of amides is 1. The molecule has 0 aliphatic heterocycles. The van der Waals surface area contributed by atoms with Crippen LogP contribution in [0.2, 0.25) is 0 Å². The number of carbonyl (C=O) groups excluding carboxylic acids is 2. The van der Waals surface area contributed by atoms with Crippen LogP contribution in [0.25, 0.3) is 11.1 Å². The van der Waals surface area contributed by atoms with Gasteiger partial charge in [0.1, 0.15) is 11.8 Å². The second kappa shape index (κ2) is 18.7. The minimum absolute atomic E-state index is 0.0384. The van der Waals surface area contributed by atoms with Gasteiger partial charge >= 0.3 is 5.97 Å². The van der Waals surface area contributed by atoms with E-state index in [9.17, 15) is 9.59 Å². The fourth-order valence-electron chi connectivity index (χ4n) is 6.06. The van der Waals surface area contributed by atoms with Gasteiger partial charge in [0.25, 0.3) is 5.91 Å². The summed E-state index contributed by atoms with van der Waals surface area (Å²) in [6, 6.07) is 21.1. The summed E-state index contributed by atoms with van der Waals surface area (Å²) in [6.07, 6.45) is 9.75. The number of benzene rings is 3. The summed E-state index contributed by atoms with van der Waals surface area (Å²) in [4.78, 5) is 26.1. The molecular formula is C38H49NO6S. The minimum Gasteiger partial charge on any atom is -0.497 e. The number of ether oxygens (including phenoxy) is 4. The summed E-state index contributed by atoms with van der Waals surface area (Å²) in [7, 11) is 3.01. The second-order valence-electron chi connectivity index (χ2n) is 12.1. The number of nitrogens with one attached hydrogen (secondary N) is 1. The molecule has 0 bridgehead atoms. The van der Waals surface area contributed by atoms with Crippen LogP contribution in [0.4, 0.5) is 0 Å². The van der Waals surface area contributed by atoms with E-state index < -0.39 is 12.0 Å². The third kappa shape index (κ3) is 10.6. The molecule has 3 aromatic carbocycles. The van der Waals surface area contributed by atoms with Crippen LogP contribution >= 0.6 is 11.8 Å². The average Bonchev–Trinajstić information content (AvgIpc) is 3.09. The molecule has 0 aromatic heterocycles. The first-order valence-corrected chi connectivity index (χ1v) is 17.7. The van der Waals surface area contributed by atoms with E-state index in [-0.39, 0.29) is 12.0 Å². The molecule has 4 rings (SSSR count). The van der Waals surface area contributed by atoms with Crippen molar-refractivity contribution in [1.29, 1.82) is 0 Å². The zero-order valence-corrected chi connectivity index (χ0v) is 28.5. The van der Waals surface area contributed by atoms with Gasteiger partial charge in [-0.3, -0.25) is 4.79 Å². The Morgan fingerprint density at radius 2 is 1.65 bits per heavy atom. The molecule has 0 radical (unpaired) electrons. The van der Waals surface area contributed by atoms with Crippen LogP contribution in [-0.2, 0) is 32.2 Å². The molecule has 0 unspecified atom stereocenters. The van der Waals surface area contributed by atoms with E-state index in [1.54, 1.807) is 18.9 Å². The molecule has 2 atom stereocenters. The number of methoxy groups -OCH3 is 2. The van der Waals surface area contributed by atoms with Gasteiger partial charge in [-0.2, -0.15) is 11.8 Å². The Labute approximate surface area is 278 Å². The lowest BCUT2D eigenvalue weighted by Gasteiger charge is -2.27. The molecule has 0 spiro atoms. The molecule has 1 saturated carbocycles. The molecular weight excluding hydrogens is 598 g/mol. The number of esters is 1. The fraction of sp³-hybridized carbons (Fsp3) is 0.474. The summed E-state index contributed by atoms with van der Waals surface area (Å²) >= 11 is 1.62. The molecule has 1 aliphatic carbocycles. The van der Waals surface area contributed by atoms with Gasteiger partial charge in [0.2, 0.25) is 0 Å². The second-order valence-corrected chi connectivity index (χ2v) is 13.0. The Hall–Kier alpha value is -3.33. The first-order chi connectivity index (χ1) is 22.4. The number of rotatable bonds is 17. The third-order valence-corrected chi connectivity index (χ3v) is 9.35. The van der Waals surface area contributed by atoms with E-state index in [2.05, 4.69) is 5.32 Å². The highest BCUT2D eigenvalue weighted by Crippen LogP contribution is 2.31. The Kier molecular flexibility index (Phi) is 14.5. The van der Waals surface area contributed by atoms with Crippen LogP contribution in [0.15, 0.2) is 66.7 Å². The Balaban J connectivity index is 1.51. The number of thioether (sulfide) groups is 1. The predicted molar refractivity (Wildman–Crippen MR) is 185 cm³/mol. The van der Waals surface area contributed by atoms with Crippen LogP contribution in [0, 0.1) is 12.8 Å². The lowest BCUT2D eigenvalue weighted by molar-refractivity contribution is -0.142. The lowest BCUT2D eigenvalue weighted by atomic mass is 9.85. The Morgan fingerprint density at radius 3 is 2.35 bits per heavy atom. The van der Waals surface area contributed by atoms with Crippen molar-refractivity contribution in [2.75, 3.05) is 32.8 Å². The van der Waals surface area contributed by atoms with Crippen molar-refractivity contribution in [2.24, 2.45) is 5.92 Å². The molecule has 1 amide bonds. The van der Waals surface area contributed by atoms with E-state index in [1.165, 1.54) is 39.2 Å². The standard InChI is InChI=1S/C38H49NO6S/c1-27-10-8-9-13-33(27)35-23-30(16-19-34(35)37(40)39-36(20-21-46-4)38(41)43-3)25-45-32(22-28-11-6-5-7-12-28)26-44-24-29-14-17-31(42-2)18-15-29/h8-10,13-19,23,28,32,36H,5-7,11-12,20-22,24-26H2,1-4H3,(H,39,40)/t32-,36-/m0/s1. The lowest BCUT2D eigenvalue weighted by Crippen LogP contribution is -2.42. The van der Waals surface area contributed by atoms with Gasteiger partial charge in [0, 0.05) is 5.56 Å². The summed E-state index contributed by atoms with van der Waals surface area (Å²) in [6.45, 7) is 3.47. The SMILES string of the molecule is COC(=O)[C@H](CCSC)NC(=O)c1ccc(CO[C@H](COCc2ccc(OC)cc2)CC2CCCCC2)cc1-c1ccccc1C. The van der Waals surface area contributed by atoms with Crippen molar-refractivity contribution >= 4 is 23.6 Å². The van der Waals surface area contributed by atoms with E-state index in [4.69, 9.17) is 18.9 Å². The molecule has 1 fully saturated rings. The maximum absolute atomic E-state index is 13.6. The number of hydrogen-bond acceptors (Lipinski definition) is 7. The first-order valence-electron chi connectivity index (χ1n) is 16.3. The highest BCUT2D eigenvalue weighted by Gasteiger charge is 2.25. The van der Waals surface area contributed by atoms with Gasteiger partial charge in [-0.15, -0.1) is 0 Å². The maximum atomic E-state index is 13.6. The molecule has 0 saturated heterocycles. The molecule has 7 nitrogen and oxygen atoms in total. The quantitative estimate of drug-likeness (QED) is 0.150. The van der Waals surface area contributed by atoms with Gasteiger partial charge in [0.15, 0.2) is 0 Å². The van der Waals surface area contributed by atoms with Crippen LogP contribution in [0.1, 0.15) is 72.0 Å². The zero-order chi connectivity index (χ0) is 32.7. The van der Waals surface area contributed by atoms with E-state index in [0.717, 1.165) is 45.7 Å². The molecule has 1 aliphatic rings.